The molecule has 2 rings (SSSR count). The van der Waals surface area contributed by atoms with Gasteiger partial charge < -0.3 is 10.1 Å². The normalized spacial score (nSPS) is 10.6. The molecule has 4 nitrogen and oxygen atoms in total. The van der Waals surface area contributed by atoms with Crippen LogP contribution in [0.15, 0.2) is 36.5 Å². The number of anilines is 1. The number of ether oxygens (including phenoxy) is 1. The number of pyridine rings is 1. The summed E-state index contributed by atoms with van der Waals surface area (Å²) in [5, 5.41) is 3.47. The summed E-state index contributed by atoms with van der Waals surface area (Å²) in [5.41, 5.74) is 1.01. The van der Waals surface area contributed by atoms with Crippen molar-refractivity contribution in [3.05, 3.63) is 52.3 Å². The maximum absolute atomic E-state index is 12.1. The number of benzene rings is 1. The highest BCUT2D eigenvalue weighted by atomic mass is 35.5. The highest BCUT2D eigenvalue weighted by Gasteiger charge is 2.09. The Labute approximate surface area is 139 Å². The van der Waals surface area contributed by atoms with Gasteiger partial charge in [0.1, 0.15) is 10.9 Å². The molecule has 0 aliphatic carbocycles. The molecule has 1 amide bonds. The maximum atomic E-state index is 12.1. The first-order valence-electron chi connectivity index (χ1n) is 6.81. The average Bonchev–Trinajstić information content (AvgIpc) is 2.46. The van der Waals surface area contributed by atoms with Crippen molar-refractivity contribution in [2.24, 2.45) is 5.92 Å². The highest BCUT2D eigenvalue weighted by molar-refractivity contribution is 6.32. The zero-order chi connectivity index (χ0) is 16.1. The molecular formula is C16H16Cl2N2O2. The topological polar surface area (TPSA) is 51.2 Å². The largest absolute Gasteiger partial charge is 0.492 e. The first-order valence-corrected chi connectivity index (χ1v) is 7.56. The van der Waals surface area contributed by atoms with Gasteiger partial charge in [-0.3, -0.25) is 4.79 Å². The lowest BCUT2D eigenvalue weighted by atomic mass is 10.2. The van der Waals surface area contributed by atoms with E-state index in [9.17, 15) is 4.79 Å². The minimum atomic E-state index is -0.281. The van der Waals surface area contributed by atoms with Crippen molar-refractivity contribution in [1.82, 2.24) is 4.98 Å². The number of amides is 1. The number of carbonyl (C=O) groups excluding carboxylic acids is 1. The number of hydrogen-bond acceptors (Lipinski definition) is 3. The molecule has 1 heterocycles. The molecule has 6 heteroatoms. The zero-order valence-electron chi connectivity index (χ0n) is 12.3. The Morgan fingerprint density at radius 1 is 1.27 bits per heavy atom. The summed E-state index contributed by atoms with van der Waals surface area (Å²) in [5.74, 6) is 0.725. The number of carbonyl (C=O) groups is 1. The van der Waals surface area contributed by atoms with Crippen molar-refractivity contribution in [3.63, 3.8) is 0 Å². The molecule has 0 bridgehead atoms. The molecule has 0 saturated heterocycles. The van der Waals surface area contributed by atoms with E-state index in [1.165, 1.54) is 12.3 Å². The third-order valence-corrected chi connectivity index (χ3v) is 3.25. The molecule has 2 aromatic rings. The van der Waals surface area contributed by atoms with E-state index < -0.39 is 0 Å². The Kier molecular flexibility index (Phi) is 5.63. The van der Waals surface area contributed by atoms with Crippen LogP contribution in [-0.2, 0) is 0 Å². The smallest absolute Gasteiger partial charge is 0.255 e. The van der Waals surface area contributed by atoms with Gasteiger partial charge >= 0.3 is 0 Å². The van der Waals surface area contributed by atoms with Crippen LogP contribution in [0, 0.1) is 5.92 Å². The Balaban J connectivity index is 2.07. The Bertz CT molecular complexity index is 675. The van der Waals surface area contributed by atoms with Gasteiger partial charge in [0.2, 0.25) is 0 Å². The highest BCUT2D eigenvalue weighted by Crippen LogP contribution is 2.28. The van der Waals surface area contributed by atoms with Gasteiger partial charge in [0.05, 0.1) is 11.6 Å². The monoisotopic (exact) mass is 338 g/mol. The van der Waals surface area contributed by atoms with Crippen LogP contribution in [0.3, 0.4) is 0 Å². The predicted octanol–water partition coefficient (Wildman–Crippen LogP) is 4.68. The van der Waals surface area contributed by atoms with E-state index in [-0.39, 0.29) is 11.1 Å². The lowest BCUT2D eigenvalue weighted by Crippen LogP contribution is -2.12. The summed E-state index contributed by atoms with van der Waals surface area (Å²) in [7, 11) is 0. The number of nitrogens with one attached hydrogen (secondary N) is 1. The van der Waals surface area contributed by atoms with Gasteiger partial charge in [0.15, 0.2) is 0 Å². The summed E-state index contributed by atoms with van der Waals surface area (Å²) < 4.78 is 5.59. The standard InChI is InChI=1S/C16H16Cl2N2O2/c1-10(2)9-22-14-4-3-12(8-13(14)17)20-16(21)11-5-6-19-15(18)7-11/h3-8,10H,9H2,1-2H3,(H,20,21). The number of rotatable bonds is 5. The Hall–Kier alpha value is -1.78. The van der Waals surface area contributed by atoms with Gasteiger partial charge in [-0.05, 0) is 36.2 Å². The van der Waals surface area contributed by atoms with E-state index in [1.54, 1.807) is 24.3 Å². The van der Waals surface area contributed by atoms with Crippen LogP contribution >= 0.6 is 23.2 Å². The molecule has 22 heavy (non-hydrogen) atoms. The molecular weight excluding hydrogens is 323 g/mol. The van der Waals surface area contributed by atoms with E-state index in [1.807, 2.05) is 0 Å². The van der Waals surface area contributed by atoms with Gasteiger partial charge in [0, 0.05) is 17.4 Å². The van der Waals surface area contributed by atoms with Crippen molar-refractivity contribution < 1.29 is 9.53 Å². The van der Waals surface area contributed by atoms with Crippen molar-refractivity contribution in [2.75, 3.05) is 11.9 Å². The third-order valence-electron chi connectivity index (χ3n) is 2.75. The molecule has 0 radical (unpaired) electrons. The number of nitrogens with zero attached hydrogens (tertiary/aromatic N) is 1. The van der Waals surface area contributed by atoms with E-state index >= 15 is 0 Å². The minimum absolute atomic E-state index is 0.267. The summed E-state index contributed by atoms with van der Waals surface area (Å²) in [6, 6.07) is 8.21. The van der Waals surface area contributed by atoms with Gasteiger partial charge in [-0.25, -0.2) is 4.98 Å². The van der Waals surface area contributed by atoms with Crippen molar-refractivity contribution in [2.45, 2.75) is 13.8 Å². The third kappa shape index (κ3) is 4.61. The fourth-order valence-electron chi connectivity index (χ4n) is 1.70. The predicted molar refractivity (Wildman–Crippen MR) is 89.0 cm³/mol. The van der Waals surface area contributed by atoms with Crippen LogP contribution in [0.4, 0.5) is 5.69 Å². The number of aromatic nitrogens is 1. The van der Waals surface area contributed by atoms with Gasteiger partial charge in [-0.15, -0.1) is 0 Å². The zero-order valence-corrected chi connectivity index (χ0v) is 13.8. The second-order valence-electron chi connectivity index (χ2n) is 5.17. The molecule has 0 atom stereocenters. The molecule has 0 unspecified atom stereocenters. The molecule has 0 saturated carbocycles. The maximum Gasteiger partial charge on any atom is 0.255 e. The van der Waals surface area contributed by atoms with Crippen LogP contribution in [0.2, 0.25) is 10.2 Å². The second kappa shape index (κ2) is 7.47. The van der Waals surface area contributed by atoms with Crippen molar-refractivity contribution in [1.29, 1.82) is 0 Å². The van der Waals surface area contributed by atoms with Crippen LogP contribution < -0.4 is 10.1 Å². The van der Waals surface area contributed by atoms with Crippen LogP contribution in [0.25, 0.3) is 0 Å². The lowest BCUT2D eigenvalue weighted by molar-refractivity contribution is 0.102. The molecule has 1 aromatic carbocycles. The number of halogens is 2. The molecule has 1 N–H and O–H groups in total. The van der Waals surface area contributed by atoms with E-state index in [0.29, 0.717) is 34.5 Å². The van der Waals surface area contributed by atoms with E-state index in [2.05, 4.69) is 24.1 Å². The first-order chi connectivity index (χ1) is 10.5. The fraction of sp³-hybridized carbons (Fsp3) is 0.250. The fourth-order valence-corrected chi connectivity index (χ4v) is 2.11. The molecule has 0 aliphatic heterocycles. The van der Waals surface area contributed by atoms with Crippen molar-refractivity contribution >= 4 is 34.8 Å². The Morgan fingerprint density at radius 2 is 2.05 bits per heavy atom. The second-order valence-corrected chi connectivity index (χ2v) is 5.97. The van der Waals surface area contributed by atoms with Crippen LogP contribution in [0.1, 0.15) is 24.2 Å². The SMILES string of the molecule is CC(C)COc1ccc(NC(=O)c2ccnc(Cl)c2)cc1Cl. The van der Waals surface area contributed by atoms with Gasteiger partial charge in [0.25, 0.3) is 5.91 Å². The lowest BCUT2D eigenvalue weighted by Gasteiger charge is -2.12. The van der Waals surface area contributed by atoms with E-state index in [0.717, 1.165) is 0 Å². The molecule has 1 aromatic heterocycles. The van der Waals surface area contributed by atoms with Gasteiger partial charge in [-0.2, -0.15) is 0 Å². The molecule has 0 aliphatic rings. The number of hydrogen-bond donors (Lipinski definition) is 1. The van der Waals surface area contributed by atoms with E-state index in [4.69, 9.17) is 27.9 Å². The molecule has 0 fully saturated rings. The Morgan fingerprint density at radius 3 is 2.68 bits per heavy atom. The van der Waals surface area contributed by atoms with Crippen LogP contribution in [0.5, 0.6) is 5.75 Å². The summed E-state index contributed by atoms with van der Waals surface area (Å²) >= 11 is 11.9. The summed E-state index contributed by atoms with van der Waals surface area (Å²) in [6.45, 7) is 4.70. The van der Waals surface area contributed by atoms with Gasteiger partial charge in [-0.1, -0.05) is 37.0 Å². The average molecular weight is 339 g/mol. The van der Waals surface area contributed by atoms with Crippen LogP contribution in [-0.4, -0.2) is 17.5 Å². The molecule has 0 spiro atoms. The van der Waals surface area contributed by atoms with Crippen molar-refractivity contribution in [3.8, 4) is 5.75 Å². The summed E-state index contributed by atoms with van der Waals surface area (Å²) in [4.78, 5) is 15.9. The summed E-state index contributed by atoms with van der Waals surface area (Å²) in [6.07, 6.45) is 1.48. The first kappa shape index (κ1) is 16.6. The minimum Gasteiger partial charge on any atom is -0.492 e. The molecule has 116 valence electrons. The quantitative estimate of drug-likeness (QED) is 0.805.